The lowest BCUT2D eigenvalue weighted by atomic mass is 9.50. The highest BCUT2D eigenvalue weighted by atomic mass is 16.4. The molecule has 1 fully saturated rings. The molecule has 5 aliphatic rings. The van der Waals surface area contributed by atoms with Crippen molar-refractivity contribution in [2.24, 2.45) is 22.2 Å². The molecule has 4 heteroatoms. The lowest BCUT2D eigenvalue weighted by Crippen LogP contribution is -2.46. The predicted molar refractivity (Wildman–Crippen MR) is 99.9 cm³/mol. The number of carbonyl (C=O) groups excluding carboxylic acids is 2. The minimum absolute atomic E-state index is 0.0550. The topological polar surface area (TPSA) is 71.4 Å². The SMILES string of the molecule is CC12CCC(=O)C=C1CC(C(=O)O)C1=C2CCC23C(=O)CCC2(C)CC=C13. The molecule has 4 atom stereocenters. The third kappa shape index (κ3) is 1.87. The first-order chi connectivity index (χ1) is 12.7. The normalized spacial score (nSPS) is 42.8. The van der Waals surface area contributed by atoms with E-state index in [1.165, 1.54) is 5.57 Å². The van der Waals surface area contributed by atoms with Gasteiger partial charge in [-0.05, 0) is 61.2 Å². The lowest BCUT2D eigenvalue weighted by molar-refractivity contribution is -0.141. The van der Waals surface area contributed by atoms with Crippen LogP contribution in [0.3, 0.4) is 0 Å². The summed E-state index contributed by atoms with van der Waals surface area (Å²) in [6.45, 7) is 4.40. The molecule has 0 amide bonds. The van der Waals surface area contributed by atoms with Crippen LogP contribution in [0.15, 0.2) is 34.4 Å². The van der Waals surface area contributed by atoms with Gasteiger partial charge in [0.1, 0.15) is 5.78 Å². The van der Waals surface area contributed by atoms with Crippen molar-refractivity contribution in [3.63, 3.8) is 0 Å². The van der Waals surface area contributed by atoms with Gasteiger partial charge in [0.15, 0.2) is 5.78 Å². The lowest BCUT2D eigenvalue weighted by Gasteiger charge is -2.52. The molecule has 5 aliphatic carbocycles. The summed E-state index contributed by atoms with van der Waals surface area (Å²) in [4.78, 5) is 37.4. The third-order valence-corrected chi connectivity index (χ3v) is 8.64. The minimum Gasteiger partial charge on any atom is -0.481 e. The zero-order chi connectivity index (χ0) is 19.2. The summed E-state index contributed by atoms with van der Waals surface area (Å²) in [7, 11) is 0. The van der Waals surface area contributed by atoms with E-state index in [9.17, 15) is 19.5 Å². The Morgan fingerprint density at radius 1 is 1.11 bits per heavy atom. The fourth-order valence-electron chi connectivity index (χ4n) is 7.02. The number of Topliss-reactive ketones (excluding diaryl/α,β-unsaturated/α-hetero) is 1. The highest BCUT2D eigenvalue weighted by Crippen LogP contribution is 2.70. The summed E-state index contributed by atoms with van der Waals surface area (Å²) in [5.74, 6) is -1.04. The van der Waals surface area contributed by atoms with Crippen LogP contribution in [0.2, 0.25) is 0 Å². The molecular formula is C23H26O4. The van der Waals surface area contributed by atoms with Gasteiger partial charge in [0.25, 0.3) is 0 Å². The van der Waals surface area contributed by atoms with Crippen LogP contribution < -0.4 is 0 Å². The molecule has 5 rings (SSSR count). The summed E-state index contributed by atoms with van der Waals surface area (Å²) in [6.07, 6.45) is 9.55. The maximum atomic E-state index is 13.1. The average Bonchev–Trinajstić information content (AvgIpc) is 3.06. The van der Waals surface area contributed by atoms with Gasteiger partial charge < -0.3 is 5.11 Å². The van der Waals surface area contributed by atoms with E-state index in [0.29, 0.717) is 25.0 Å². The van der Waals surface area contributed by atoms with Gasteiger partial charge in [-0.15, -0.1) is 0 Å². The van der Waals surface area contributed by atoms with E-state index >= 15 is 0 Å². The molecule has 0 radical (unpaired) electrons. The number of fused-ring (bicyclic) bond motifs is 3. The number of rotatable bonds is 1. The molecular weight excluding hydrogens is 340 g/mol. The van der Waals surface area contributed by atoms with Gasteiger partial charge in [-0.1, -0.05) is 31.1 Å². The van der Waals surface area contributed by atoms with E-state index in [0.717, 1.165) is 48.8 Å². The van der Waals surface area contributed by atoms with Crippen molar-refractivity contribution in [2.45, 2.75) is 65.2 Å². The van der Waals surface area contributed by atoms with E-state index in [4.69, 9.17) is 0 Å². The van der Waals surface area contributed by atoms with Crippen molar-refractivity contribution in [3.8, 4) is 0 Å². The molecule has 1 N–H and O–H groups in total. The zero-order valence-electron chi connectivity index (χ0n) is 16.1. The van der Waals surface area contributed by atoms with Crippen molar-refractivity contribution in [3.05, 3.63) is 34.4 Å². The molecule has 27 heavy (non-hydrogen) atoms. The van der Waals surface area contributed by atoms with Gasteiger partial charge in [-0.3, -0.25) is 14.4 Å². The Balaban J connectivity index is 1.75. The van der Waals surface area contributed by atoms with Gasteiger partial charge in [-0.2, -0.15) is 0 Å². The third-order valence-electron chi connectivity index (χ3n) is 8.64. The van der Waals surface area contributed by atoms with Gasteiger partial charge in [-0.25, -0.2) is 0 Å². The molecule has 0 aromatic carbocycles. The van der Waals surface area contributed by atoms with Crippen LogP contribution in [0, 0.1) is 22.2 Å². The summed E-state index contributed by atoms with van der Waals surface area (Å²) in [6, 6.07) is 0. The van der Waals surface area contributed by atoms with E-state index in [2.05, 4.69) is 19.9 Å². The number of carboxylic acids is 1. The smallest absolute Gasteiger partial charge is 0.311 e. The monoisotopic (exact) mass is 366 g/mol. The van der Waals surface area contributed by atoms with Crippen LogP contribution in [0.5, 0.6) is 0 Å². The van der Waals surface area contributed by atoms with Crippen LogP contribution in [0.25, 0.3) is 0 Å². The number of hydrogen-bond donors (Lipinski definition) is 1. The minimum atomic E-state index is -0.833. The number of carboxylic acid groups (broad SMARTS) is 1. The van der Waals surface area contributed by atoms with Crippen LogP contribution >= 0.6 is 0 Å². The number of ketones is 2. The zero-order valence-corrected chi connectivity index (χ0v) is 16.1. The second-order valence-electron chi connectivity index (χ2n) is 9.67. The van der Waals surface area contributed by atoms with Gasteiger partial charge in [0, 0.05) is 18.3 Å². The van der Waals surface area contributed by atoms with Crippen LogP contribution in [-0.4, -0.2) is 22.6 Å². The number of carbonyl (C=O) groups is 3. The average molecular weight is 366 g/mol. The highest BCUT2D eigenvalue weighted by molar-refractivity contribution is 5.96. The second kappa shape index (κ2) is 5.09. The standard InChI is InChI=1S/C23H26O4/c1-21-7-4-17-19-15(20(26)27)12-13-11-14(24)3-9-22(13,2)16(19)5-10-23(17,21)18(25)6-8-21/h4,11,15H,3,5-10,12H2,1-2H3,(H,26,27). The first-order valence-corrected chi connectivity index (χ1v) is 10.2. The second-order valence-corrected chi connectivity index (χ2v) is 9.67. The number of hydrogen-bond acceptors (Lipinski definition) is 3. The maximum Gasteiger partial charge on any atom is 0.311 e. The molecule has 0 aromatic rings. The molecule has 0 bridgehead atoms. The van der Waals surface area contributed by atoms with Gasteiger partial charge >= 0.3 is 5.97 Å². The Morgan fingerprint density at radius 2 is 1.89 bits per heavy atom. The Bertz CT molecular complexity index is 903. The Hall–Kier alpha value is -1.97. The first kappa shape index (κ1) is 17.2. The van der Waals surface area contributed by atoms with Gasteiger partial charge in [0.2, 0.25) is 0 Å². The molecule has 1 saturated carbocycles. The van der Waals surface area contributed by atoms with E-state index < -0.39 is 17.3 Å². The Morgan fingerprint density at radius 3 is 2.63 bits per heavy atom. The van der Waals surface area contributed by atoms with Crippen molar-refractivity contribution in [2.75, 3.05) is 0 Å². The van der Waals surface area contributed by atoms with Crippen molar-refractivity contribution < 1.29 is 19.5 Å². The first-order valence-electron chi connectivity index (χ1n) is 10.2. The summed E-state index contributed by atoms with van der Waals surface area (Å²) < 4.78 is 0. The molecule has 0 saturated heterocycles. The summed E-state index contributed by atoms with van der Waals surface area (Å²) in [5, 5.41) is 10.0. The molecule has 0 heterocycles. The van der Waals surface area contributed by atoms with Gasteiger partial charge in [0.05, 0.1) is 11.3 Å². The fourth-order valence-corrected chi connectivity index (χ4v) is 7.02. The maximum absolute atomic E-state index is 13.1. The Labute approximate surface area is 159 Å². The largest absolute Gasteiger partial charge is 0.481 e. The summed E-state index contributed by atoms with van der Waals surface area (Å²) in [5.41, 5.74) is 3.42. The van der Waals surface area contributed by atoms with Crippen molar-refractivity contribution in [1.29, 1.82) is 0 Å². The molecule has 1 spiro atoms. The quantitative estimate of drug-likeness (QED) is 0.756. The number of aliphatic carboxylic acids is 1. The highest BCUT2D eigenvalue weighted by Gasteiger charge is 2.65. The van der Waals surface area contributed by atoms with E-state index in [1.54, 1.807) is 6.08 Å². The predicted octanol–water partition coefficient (Wildman–Crippen LogP) is 4.16. The molecule has 0 aliphatic heterocycles. The molecule has 0 aromatic heterocycles. The van der Waals surface area contributed by atoms with Crippen LogP contribution in [0.1, 0.15) is 65.2 Å². The van der Waals surface area contributed by atoms with Crippen LogP contribution in [-0.2, 0) is 14.4 Å². The van der Waals surface area contributed by atoms with E-state index in [1.807, 2.05) is 0 Å². The fraction of sp³-hybridized carbons (Fsp3) is 0.609. The van der Waals surface area contributed by atoms with Crippen molar-refractivity contribution >= 4 is 17.5 Å². The van der Waals surface area contributed by atoms with Crippen molar-refractivity contribution in [1.82, 2.24) is 0 Å². The summed E-state index contributed by atoms with van der Waals surface area (Å²) >= 11 is 0. The molecule has 4 nitrogen and oxygen atoms in total. The van der Waals surface area contributed by atoms with Crippen LogP contribution in [0.4, 0.5) is 0 Å². The molecule has 4 unspecified atom stereocenters. The Kier molecular flexibility index (Phi) is 3.23. The van der Waals surface area contributed by atoms with E-state index in [-0.39, 0.29) is 16.6 Å². The molecule has 142 valence electrons. The number of allylic oxidation sites excluding steroid dienone is 5.